The maximum atomic E-state index is 10.5. The average Bonchev–Trinajstić information content (AvgIpc) is 2.75. The molecule has 0 fully saturated rings. The largest absolute Gasteiger partial charge is 0.508 e. The number of phenolic OH excluding ortho intramolecular Hbond substituents is 1. The summed E-state index contributed by atoms with van der Waals surface area (Å²) in [4.78, 5) is 5.01. The summed E-state index contributed by atoms with van der Waals surface area (Å²) in [6, 6.07) is 21.8. The predicted molar refractivity (Wildman–Crippen MR) is 120 cm³/mol. The summed E-state index contributed by atoms with van der Waals surface area (Å²) in [6.45, 7) is 2.08. The molecule has 5 heteroatoms. The van der Waals surface area contributed by atoms with Gasteiger partial charge in [-0.25, -0.2) is 0 Å². The van der Waals surface area contributed by atoms with Gasteiger partial charge in [-0.1, -0.05) is 57.9 Å². The van der Waals surface area contributed by atoms with Gasteiger partial charge in [0.25, 0.3) is 0 Å². The van der Waals surface area contributed by atoms with E-state index in [4.69, 9.17) is 9.73 Å². The Balaban J connectivity index is 1.74. The number of phenols is 1. The molecule has 3 aromatic carbocycles. The number of hydrogen-bond acceptors (Lipinski definition) is 4. The minimum Gasteiger partial charge on any atom is -0.508 e. The highest BCUT2D eigenvalue weighted by molar-refractivity contribution is 9.10. The highest BCUT2D eigenvalue weighted by atomic mass is 79.9. The topological polar surface area (TPSA) is 53.9 Å². The number of halogens is 1. The van der Waals surface area contributed by atoms with Gasteiger partial charge in [0, 0.05) is 28.2 Å². The van der Waals surface area contributed by atoms with Crippen LogP contribution in [-0.2, 0) is 0 Å². The van der Waals surface area contributed by atoms with Crippen LogP contribution in [0.15, 0.2) is 76.2 Å². The second kappa shape index (κ2) is 8.39. The molecule has 2 N–H and O–H groups in total. The van der Waals surface area contributed by atoms with Gasteiger partial charge in [-0.2, -0.15) is 0 Å². The van der Waals surface area contributed by atoms with E-state index in [0.29, 0.717) is 6.42 Å². The van der Waals surface area contributed by atoms with E-state index in [9.17, 15) is 5.11 Å². The molecule has 2 atom stereocenters. The zero-order valence-electron chi connectivity index (χ0n) is 16.4. The first-order chi connectivity index (χ1) is 14.0. The number of nitrogens with one attached hydrogen (secondary N) is 1. The molecule has 29 heavy (non-hydrogen) atoms. The fourth-order valence-electron chi connectivity index (χ4n) is 3.59. The lowest BCUT2D eigenvalue weighted by atomic mass is 9.93. The molecular weight excluding hydrogens is 428 g/mol. The molecule has 2 unspecified atom stereocenters. The van der Waals surface area contributed by atoms with Gasteiger partial charge in [0.1, 0.15) is 17.7 Å². The van der Waals surface area contributed by atoms with Crippen molar-refractivity contribution in [2.24, 2.45) is 4.99 Å². The lowest BCUT2D eigenvalue weighted by Gasteiger charge is -2.31. The number of benzene rings is 3. The first kappa shape index (κ1) is 19.7. The van der Waals surface area contributed by atoms with Crippen LogP contribution in [0.4, 0.5) is 0 Å². The molecule has 0 bridgehead atoms. The Bertz CT molecular complexity index is 1030. The number of aryl methyl sites for hydroxylation is 1. The van der Waals surface area contributed by atoms with E-state index >= 15 is 0 Å². The normalized spacial score (nSPS) is 18.9. The van der Waals surface area contributed by atoms with Gasteiger partial charge in [0.05, 0.1) is 7.11 Å². The van der Waals surface area contributed by atoms with Crippen LogP contribution in [0.5, 0.6) is 11.5 Å². The second-order valence-electron chi connectivity index (χ2n) is 7.24. The molecular formula is C24H23BrN2O2. The number of aromatic hydroxyl groups is 1. The first-order valence-corrected chi connectivity index (χ1v) is 10.3. The Hall–Kier alpha value is -2.63. The van der Waals surface area contributed by atoms with E-state index < -0.39 is 0 Å². The van der Waals surface area contributed by atoms with E-state index in [0.717, 1.165) is 32.6 Å². The molecule has 0 amide bonds. The minimum atomic E-state index is -0.214. The van der Waals surface area contributed by atoms with Gasteiger partial charge in [-0.05, 0) is 48.4 Å². The van der Waals surface area contributed by atoms with Gasteiger partial charge in [0.2, 0.25) is 0 Å². The van der Waals surface area contributed by atoms with Crippen LogP contribution in [-0.4, -0.2) is 17.9 Å². The van der Waals surface area contributed by atoms with Crippen molar-refractivity contribution in [1.82, 2.24) is 5.32 Å². The zero-order chi connectivity index (χ0) is 20.4. The van der Waals surface area contributed by atoms with Gasteiger partial charge < -0.3 is 9.84 Å². The van der Waals surface area contributed by atoms with Crippen LogP contribution in [0.2, 0.25) is 0 Å². The summed E-state index contributed by atoms with van der Waals surface area (Å²) in [5.41, 5.74) is 5.26. The van der Waals surface area contributed by atoms with E-state index in [1.54, 1.807) is 13.2 Å². The van der Waals surface area contributed by atoms with Crippen molar-refractivity contribution in [3.8, 4) is 11.5 Å². The minimum absolute atomic E-state index is 0.0617. The molecule has 0 aromatic heterocycles. The van der Waals surface area contributed by atoms with Crippen molar-refractivity contribution < 1.29 is 9.84 Å². The highest BCUT2D eigenvalue weighted by Gasteiger charge is 2.27. The number of nitrogens with zero attached hydrogens (tertiary/aromatic N) is 1. The van der Waals surface area contributed by atoms with Gasteiger partial charge >= 0.3 is 0 Å². The standard InChI is InChI=1S/C24H23BrN2O2/c1-15-3-5-16(6-4-15)21-14-22(20-13-18(25)9-12-23(20)28)27-24(26-21)17-7-10-19(29-2)11-8-17/h3-13,22,24,27-28H,14H2,1-2H3. The fraction of sp³-hybridized carbons (Fsp3) is 0.208. The predicted octanol–water partition coefficient (Wildman–Crippen LogP) is 5.69. The summed E-state index contributed by atoms with van der Waals surface area (Å²) in [7, 11) is 1.66. The molecule has 1 aliphatic heterocycles. The van der Waals surface area contributed by atoms with E-state index in [1.807, 2.05) is 36.4 Å². The number of hydrogen-bond donors (Lipinski definition) is 2. The molecule has 1 heterocycles. The van der Waals surface area contributed by atoms with Crippen LogP contribution in [0.1, 0.15) is 40.9 Å². The Morgan fingerprint density at radius 1 is 1.03 bits per heavy atom. The summed E-state index contributed by atoms with van der Waals surface area (Å²) in [5.74, 6) is 1.10. The van der Waals surface area contributed by atoms with Gasteiger partial charge in [-0.3, -0.25) is 10.3 Å². The molecule has 1 aliphatic rings. The summed E-state index contributed by atoms with van der Waals surface area (Å²) < 4.78 is 6.22. The molecule has 148 valence electrons. The van der Waals surface area contributed by atoms with Crippen molar-refractivity contribution >= 4 is 21.6 Å². The third kappa shape index (κ3) is 4.36. The Kier molecular flexibility index (Phi) is 5.69. The van der Waals surface area contributed by atoms with Crippen molar-refractivity contribution in [1.29, 1.82) is 0 Å². The van der Waals surface area contributed by atoms with Crippen molar-refractivity contribution in [3.63, 3.8) is 0 Å². The smallest absolute Gasteiger partial charge is 0.126 e. The number of methoxy groups -OCH3 is 1. The van der Waals surface area contributed by atoms with Crippen LogP contribution in [0.25, 0.3) is 0 Å². The maximum absolute atomic E-state index is 10.5. The van der Waals surface area contributed by atoms with Crippen LogP contribution in [0, 0.1) is 6.92 Å². The van der Waals surface area contributed by atoms with E-state index in [2.05, 4.69) is 52.4 Å². The van der Waals surface area contributed by atoms with Gasteiger partial charge in [0.15, 0.2) is 0 Å². The SMILES string of the molecule is COc1ccc(C2N=C(c3ccc(C)cc3)CC(c3cc(Br)ccc3O)N2)cc1. The van der Waals surface area contributed by atoms with Crippen LogP contribution < -0.4 is 10.1 Å². The van der Waals surface area contributed by atoms with Crippen LogP contribution in [0.3, 0.4) is 0 Å². The lowest BCUT2D eigenvalue weighted by molar-refractivity contribution is 0.408. The number of ether oxygens (including phenoxy) is 1. The molecule has 4 nitrogen and oxygen atoms in total. The molecule has 0 radical (unpaired) electrons. The van der Waals surface area contributed by atoms with Crippen LogP contribution >= 0.6 is 15.9 Å². The monoisotopic (exact) mass is 450 g/mol. The van der Waals surface area contributed by atoms with E-state index in [1.165, 1.54) is 5.56 Å². The third-order valence-electron chi connectivity index (χ3n) is 5.22. The zero-order valence-corrected chi connectivity index (χ0v) is 18.0. The molecule has 4 rings (SSSR count). The number of rotatable bonds is 4. The number of aliphatic imine (C=N–C) groups is 1. The molecule has 3 aromatic rings. The molecule has 0 saturated heterocycles. The van der Waals surface area contributed by atoms with Gasteiger partial charge in [-0.15, -0.1) is 0 Å². The van der Waals surface area contributed by atoms with E-state index in [-0.39, 0.29) is 18.0 Å². The van der Waals surface area contributed by atoms with Crippen molar-refractivity contribution in [2.45, 2.75) is 25.6 Å². The second-order valence-corrected chi connectivity index (χ2v) is 8.16. The summed E-state index contributed by atoms with van der Waals surface area (Å²) >= 11 is 3.52. The summed E-state index contributed by atoms with van der Waals surface area (Å²) in [5, 5.41) is 14.1. The average molecular weight is 451 g/mol. The lowest BCUT2D eigenvalue weighted by Crippen LogP contribution is -2.33. The van der Waals surface area contributed by atoms with Crippen molar-refractivity contribution in [2.75, 3.05) is 7.11 Å². The first-order valence-electron chi connectivity index (χ1n) is 9.55. The Morgan fingerprint density at radius 3 is 2.45 bits per heavy atom. The Labute approximate surface area is 179 Å². The molecule has 0 saturated carbocycles. The molecule has 0 spiro atoms. The molecule has 0 aliphatic carbocycles. The fourth-order valence-corrected chi connectivity index (χ4v) is 3.97. The third-order valence-corrected chi connectivity index (χ3v) is 5.72. The van der Waals surface area contributed by atoms with Crippen molar-refractivity contribution in [3.05, 3.63) is 93.5 Å². The summed E-state index contributed by atoms with van der Waals surface area (Å²) in [6.07, 6.45) is 0.481. The Morgan fingerprint density at radius 2 is 1.76 bits per heavy atom. The maximum Gasteiger partial charge on any atom is 0.126 e. The quantitative estimate of drug-likeness (QED) is 0.536. The highest BCUT2D eigenvalue weighted by Crippen LogP contribution is 2.36.